The zero-order valence-corrected chi connectivity index (χ0v) is 12.7. The van der Waals surface area contributed by atoms with Gasteiger partial charge < -0.3 is 0 Å². The Bertz CT molecular complexity index is 913. The van der Waals surface area contributed by atoms with Gasteiger partial charge in [0.15, 0.2) is 0 Å². The minimum absolute atomic E-state index is 0.309. The summed E-state index contributed by atoms with van der Waals surface area (Å²) in [5, 5.41) is 0.656. The molecule has 106 valence electrons. The van der Waals surface area contributed by atoms with Crippen LogP contribution in [0.2, 0.25) is 0 Å². The molecule has 3 nitrogen and oxygen atoms in total. The smallest absolute Gasteiger partial charge is 0.207 e. The van der Waals surface area contributed by atoms with Gasteiger partial charge in [-0.1, -0.05) is 35.9 Å². The Morgan fingerprint density at radius 2 is 1.57 bits per heavy atom. The topological polar surface area (TPSA) is 47.0 Å². The van der Waals surface area contributed by atoms with Crippen molar-refractivity contribution in [3.63, 3.8) is 0 Å². The van der Waals surface area contributed by atoms with E-state index in [4.69, 9.17) is 0 Å². The average Bonchev–Trinajstić information content (AvgIpc) is 2.46. The number of rotatable bonds is 2. The Morgan fingerprint density at radius 1 is 0.905 bits per heavy atom. The molecule has 1 aromatic heterocycles. The van der Waals surface area contributed by atoms with Crippen molar-refractivity contribution >= 4 is 20.7 Å². The van der Waals surface area contributed by atoms with E-state index in [1.807, 2.05) is 37.3 Å². The average molecular weight is 297 g/mol. The Hall–Kier alpha value is -2.20. The molecule has 0 saturated carbocycles. The maximum absolute atomic E-state index is 12.9. The molecule has 0 aliphatic heterocycles. The predicted octanol–water partition coefficient (Wildman–Crippen LogP) is 3.68. The quantitative estimate of drug-likeness (QED) is 0.725. The number of aromatic nitrogens is 1. The molecule has 0 unspecified atom stereocenters. The molecule has 1 heterocycles. The summed E-state index contributed by atoms with van der Waals surface area (Å²) in [6, 6.07) is 15.9. The maximum atomic E-state index is 12.9. The summed E-state index contributed by atoms with van der Waals surface area (Å²) in [5.74, 6) is 0. The molecular weight excluding hydrogens is 282 g/mol. The van der Waals surface area contributed by atoms with Crippen LogP contribution in [0, 0.1) is 13.8 Å². The summed E-state index contributed by atoms with van der Waals surface area (Å²) < 4.78 is 25.8. The molecule has 0 atom stereocenters. The molecule has 0 aliphatic rings. The highest BCUT2D eigenvalue weighted by Gasteiger charge is 2.21. The van der Waals surface area contributed by atoms with E-state index in [9.17, 15) is 8.42 Å². The fourth-order valence-corrected chi connectivity index (χ4v) is 3.87. The number of pyridine rings is 1. The monoisotopic (exact) mass is 297 g/mol. The number of benzene rings is 2. The van der Waals surface area contributed by atoms with Gasteiger partial charge in [-0.3, -0.25) is 4.98 Å². The van der Waals surface area contributed by atoms with E-state index < -0.39 is 9.84 Å². The lowest BCUT2D eigenvalue weighted by molar-refractivity contribution is 0.596. The Kier molecular flexibility index (Phi) is 3.26. The zero-order valence-electron chi connectivity index (χ0n) is 11.9. The largest absolute Gasteiger partial charge is 0.253 e. The van der Waals surface area contributed by atoms with E-state index in [1.54, 1.807) is 31.2 Å². The van der Waals surface area contributed by atoms with Crippen molar-refractivity contribution in [2.45, 2.75) is 23.6 Å². The second kappa shape index (κ2) is 4.97. The molecule has 0 saturated heterocycles. The number of hydrogen-bond donors (Lipinski definition) is 0. The van der Waals surface area contributed by atoms with Gasteiger partial charge in [0, 0.05) is 11.1 Å². The molecule has 0 amide bonds. The summed E-state index contributed by atoms with van der Waals surface area (Å²) >= 11 is 0. The summed E-state index contributed by atoms with van der Waals surface area (Å²) in [5.41, 5.74) is 2.42. The third-order valence-corrected chi connectivity index (χ3v) is 5.24. The van der Waals surface area contributed by atoms with Crippen LogP contribution in [0.15, 0.2) is 64.4 Å². The second-order valence-corrected chi connectivity index (χ2v) is 7.01. The molecule has 0 N–H and O–H groups in total. The first kappa shape index (κ1) is 13.8. The van der Waals surface area contributed by atoms with Crippen molar-refractivity contribution in [3.05, 3.63) is 65.9 Å². The highest BCUT2D eigenvalue weighted by atomic mass is 32.2. The number of aryl methyl sites for hydroxylation is 2. The predicted molar refractivity (Wildman–Crippen MR) is 83.1 cm³/mol. The summed E-state index contributed by atoms with van der Waals surface area (Å²) in [6.07, 6.45) is 0. The van der Waals surface area contributed by atoms with Gasteiger partial charge in [-0.2, -0.15) is 0 Å². The summed E-state index contributed by atoms with van der Waals surface area (Å²) in [4.78, 5) is 5.02. The number of nitrogens with zero attached hydrogens (tertiary/aromatic N) is 1. The Balaban J connectivity index is 2.31. The van der Waals surface area contributed by atoms with Gasteiger partial charge in [-0.15, -0.1) is 0 Å². The highest BCUT2D eigenvalue weighted by Crippen LogP contribution is 2.28. The normalized spacial score (nSPS) is 11.7. The first-order valence-electron chi connectivity index (χ1n) is 6.66. The van der Waals surface area contributed by atoms with E-state index in [2.05, 4.69) is 4.98 Å². The van der Waals surface area contributed by atoms with Crippen molar-refractivity contribution in [3.8, 4) is 0 Å². The van der Waals surface area contributed by atoms with Crippen LogP contribution in [-0.4, -0.2) is 13.4 Å². The lowest BCUT2D eigenvalue weighted by Gasteiger charge is -2.09. The second-order valence-electron chi connectivity index (χ2n) is 5.10. The van der Waals surface area contributed by atoms with Crippen LogP contribution >= 0.6 is 0 Å². The molecule has 21 heavy (non-hydrogen) atoms. The standard InChI is InChI=1S/C17H15NO2S/c1-12-7-9-14(10-8-12)21(19,20)17-11-13(2)18-16-6-4-3-5-15(16)17/h3-11H,1-2H3. The molecule has 4 heteroatoms. The van der Waals surface area contributed by atoms with E-state index in [0.717, 1.165) is 5.56 Å². The van der Waals surface area contributed by atoms with Crippen molar-refractivity contribution < 1.29 is 8.42 Å². The third kappa shape index (κ3) is 2.43. The number of sulfone groups is 1. The van der Waals surface area contributed by atoms with Gasteiger partial charge in [0.25, 0.3) is 0 Å². The summed E-state index contributed by atoms with van der Waals surface area (Å²) in [7, 11) is -3.54. The van der Waals surface area contributed by atoms with Gasteiger partial charge in [0.05, 0.1) is 15.3 Å². The molecule has 3 rings (SSSR count). The van der Waals surface area contributed by atoms with Gasteiger partial charge in [-0.05, 0) is 38.1 Å². The fraction of sp³-hybridized carbons (Fsp3) is 0.118. The molecule has 0 aliphatic carbocycles. The van der Waals surface area contributed by atoms with Crippen molar-refractivity contribution in [1.82, 2.24) is 4.98 Å². The molecule has 0 radical (unpaired) electrons. The number of para-hydroxylation sites is 1. The lowest BCUT2D eigenvalue weighted by Crippen LogP contribution is -2.04. The van der Waals surface area contributed by atoms with Gasteiger partial charge in [0.1, 0.15) is 0 Å². The van der Waals surface area contributed by atoms with Gasteiger partial charge in [0.2, 0.25) is 9.84 Å². The molecule has 2 aromatic carbocycles. The number of hydrogen-bond acceptors (Lipinski definition) is 3. The van der Waals surface area contributed by atoms with Crippen LogP contribution in [0.5, 0.6) is 0 Å². The molecule has 0 spiro atoms. The van der Waals surface area contributed by atoms with E-state index in [-0.39, 0.29) is 0 Å². The maximum Gasteiger partial charge on any atom is 0.207 e. The van der Waals surface area contributed by atoms with Crippen molar-refractivity contribution in [1.29, 1.82) is 0 Å². The summed E-state index contributed by atoms with van der Waals surface area (Å²) in [6.45, 7) is 3.74. The van der Waals surface area contributed by atoms with Crippen LogP contribution in [0.3, 0.4) is 0 Å². The van der Waals surface area contributed by atoms with Crippen LogP contribution in [0.25, 0.3) is 10.9 Å². The Labute approximate surface area is 124 Å². The lowest BCUT2D eigenvalue weighted by atomic mass is 10.2. The fourth-order valence-electron chi connectivity index (χ4n) is 2.34. The molecular formula is C17H15NO2S. The first-order valence-corrected chi connectivity index (χ1v) is 8.15. The van der Waals surface area contributed by atoms with Gasteiger partial charge in [-0.25, -0.2) is 8.42 Å². The molecule has 3 aromatic rings. The van der Waals surface area contributed by atoms with Crippen LogP contribution < -0.4 is 0 Å². The van der Waals surface area contributed by atoms with Gasteiger partial charge >= 0.3 is 0 Å². The molecule has 0 fully saturated rings. The van der Waals surface area contributed by atoms with Crippen molar-refractivity contribution in [2.24, 2.45) is 0 Å². The Morgan fingerprint density at radius 3 is 2.29 bits per heavy atom. The van der Waals surface area contributed by atoms with Crippen LogP contribution in [0.4, 0.5) is 0 Å². The minimum atomic E-state index is -3.54. The SMILES string of the molecule is Cc1ccc(S(=O)(=O)c2cc(C)nc3ccccc23)cc1. The minimum Gasteiger partial charge on any atom is -0.253 e. The highest BCUT2D eigenvalue weighted by molar-refractivity contribution is 7.91. The van der Waals surface area contributed by atoms with Crippen LogP contribution in [0.1, 0.15) is 11.3 Å². The van der Waals surface area contributed by atoms with E-state index in [0.29, 0.717) is 26.4 Å². The molecule has 0 bridgehead atoms. The zero-order chi connectivity index (χ0) is 15.0. The van der Waals surface area contributed by atoms with E-state index >= 15 is 0 Å². The first-order chi connectivity index (χ1) is 9.98. The van der Waals surface area contributed by atoms with E-state index in [1.165, 1.54) is 0 Å². The van der Waals surface area contributed by atoms with Crippen molar-refractivity contribution in [2.75, 3.05) is 0 Å². The third-order valence-electron chi connectivity index (χ3n) is 3.43. The number of fused-ring (bicyclic) bond motifs is 1. The van der Waals surface area contributed by atoms with Crippen LogP contribution in [-0.2, 0) is 9.84 Å².